The van der Waals surface area contributed by atoms with Gasteiger partial charge in [-0.1, -0.05) is 17.3 Å². The maximum absolute atomic E-state index is 13.8. The van der Waals surface area contributed by atoms with E-state index >= 15 is 0 Å². The quantitative estimate of drug-likeness (QED) is 0.587. The highest BCUT2D eigenvalue weighted by atomic mass is 19.1. The number of hydrogen-bond acceptors (Lipinski definition) is 7. The molecule has 3 aromatic rings. The molecule has 1 saturated heterocycles. The van der Waals surface area contributed by atoms with Crippen molar-refractivity contribution in [2.45, 2.75) is 13.0 Å². The van der Waals surface area contributed by atoms with Crippen LogP contribution in [0, 0.1) is 5.82 Å². The van der Waals surface area contributed by atoms with E-state index < -0.39 is 0 Å². The zero-order valence-electron chi connectivity index (χ0n) is 16.3. The molecular formula is C21H25FN6O. The van der Waals surface area contributed by atoms with Crippen LogP contribution < -0.4 is 10.2 Å². The van der Waals surface area contributed by atoms with Gasteiger partial charge in [-0.05, 0) is 37.7 Å². The highest BCUT2D eigenvalue weighted by Gasteiger charge is 2.18. The highest BCUT2D eigenvalue weighted by molar-refractivity contribution is 5.59. The van der Waals surface area contributed by atoms with Gasteiger partial charge in [0, 0.05) is 50.2 Å². The average Bonchev–Trinajstić information content (AvgIpc) is 3.23. The zero-order valence-corrected chi connectivity index (χ0v) is 16.3. The van der Waals surface area contributed by atoms with Crippen molar-refractivity contribution in [1.29, 1.82) is 0 Å². The number of halogens is 1. The lowest BCUT2D eigenvalue weighted by molar-refractivity contribution is 0.252. The number of aromatic nitrogens is 3. The van der Waals surface area contributed by atoms with Gasteiger partial charge >= 0.3 is 0 Å². The summed E-state index contributed by atoms with van der Waals surface area (Å²) in [5.74, 6) is 1.23. The van der Waals surface area contributed by atoms with Gasteiger partial charge in [-0.2, -0.15) is 0 Å². The van der Waals surface area contributed by atoms with Crippen LogP contribution >= 0.6 is 0 Å². The third-order valence-corrected chi connectivity index (χ3v) is 5.04. The van der Waals surface area contributed by atoms with E-state index in [1.807, 2.05) is 6.07 Å². The van der Waals surface area contributed by atoms with Gasteiger partial charge in [0.15, 0.2) is 5.76 Å². The zero-order chi connectivity index (χ0) is 19.9. The molecule has 1 N–H and O–H groups in total. The maximum Gasteiger partial charge on any atom is 0.225 e. The molecule has 0 unspecified atom stereocenters. The van der Waals surface area contributed by atoms with Crippen LogP contribution in [0.4, 0.5) is 10.3 Å². The number of nitrogens with zero attached hydrogens (tertiary/aromatic N) is 5. The van der Waals surface area contributed by atoms with E-state index in [1.165, 1.54) is 6.07 Å². The van der Waals surface area contributed by atoms with Crippen molar-refractivity contribution in [2.24, 2.45) is 0 Å². The van der Waals surface area contributed by atoms with Gasteiger partial charge in [-0.25, -0.2) is 14.4 Å². The third kappa shape index (κ3) is 5.16. The molecule has 2 aromatic heterocycles. The molecule has 0 atom stereocenters. The Morgan fingerprint density at radius 3 is 2.62 bits per heavy atom. The Hall–Kier alpha value is -2.84. The molecule has 0 aliphatic carbocycles. The van der Waals surface area contributed by atoms with Crippen LogP contribution in [0.2, 0.25) is 0 Å². The first-order valence-electron chi connectivity index (χ1n) is 9.95. The summed E-state index contributed by atoms with van der Waals surface area (Å²) in [6, 6.07) is 10.2. The number of anilines is 1. The lowest BCUT2D eigenvalue weighted by Gasteiger charge is -2.34. The Bertz CT molecular complexity index is 895. The predicted molar refractivity (Wildman–Crippen MR) is 109 cm³/mol. The normalized spacial score (nSPS) is 15.0. The fraction of sp³-hybridized carbons (Fsp3) is 0.381. The third-order valence-electron chi connectivity index (χ3n) is 5.04. The van der Waals surface area contributed by atoms with Crippen LogP contribution in [0.3, 0.4) is 0 Å². The number of benzene rings is 1. The fourth-order valence-corrected chi connectivity index (χ4v) is 3.46. The molecule has 0 bridgehead atoms. The van der Waals surface area contributed by atoms with Crippen LogP contribution in [0.25, 0.3) is 11.3 Å². The summed E-state index contributed by atoms with van der Waals surface area (Å²) in [4.78, 5) is 13.3. The summed E-state index contributed by atoms with van der Waals surface area (Å²) in [7, 11) is 0. The van der Waals surface area contributed by atoms with Crippen LogP contribution in [0.1, 0.15) is 12.2 Å². The lowest BCUT2D eigenvalue weighted by Crippen LogP contribution is -2.47. The number of hydrogen-bond donors (Lipinski definition) is 1. The lowest BCUT2D eigenvalue weighted by atomic mass is 10.1. The van der Waals surface area contributed by atoms with E-state index in [0.717, 1.165) is 51.6 Å². The molecule has 4 rings (SSSR count). The summed E-state index contributed by atoms with van der Waals surface area (Å²) < 4.78 is 19.1. The molecule has 0 spiro atoms. The predicted octanol–water partition coefficient (Wildman–Crippen LogP) is 2.57. The van der Waals surface area contributed by atoms with Crippen molar-refractivity contribution >= 4 is 5.95 Å². The van der Waals surface area contributed by atoms with E-state index in [1.54, 1.807) is 36.7 Å². The molecule has 1 aliphatic rings. The molecule has 0 saturated carbocycles. The minimum atomic E-state index is -0.292. The minimum Gasteiger partial charge on any atom is -0.359 e. The Labute approximate surface area is 169 Å². The van der Waals surface area contributed by atoms with Gasteiger partial charge in [0.2, 0.25) is 5.95 Å². The number of piperazine rings is 1. The molecule has 1 aliphatic heterocycles. The van der Waals surface area contributed by atoms with Gasteiger partial charge in [-0.3, -0.25) is 4.90 Å². The summed E-state index contributed by atoms with van der Waals surface area (Å²) in [5.41, 5.74) is 0.989. The molecule has 1 aromatic carbocycles. The highest BCUT2D eigenvalue weighted by Crippen LogP contribution is 2.22. The molecular weight excluding hydrogens is 371 g/mol. The Morgan fingerprint density at radius 1 is 1.03 bits per heavy atom. The van der Waals surface area contributed by atoms with Gasteiger partial charge in [0.1, 0.15) is 11.5 Å². The second-order valence-corrected chi connectivity index (χ2v) is 7.07. The van der Waals surface area contributed by atoms with Crippen molar-refractivity contribution in [2.75, 3.05) is 44.2 Å². The van der Waals surface area contributed by atoms with E-state index in [9.17, 15) is 4.39 Å². The van der Waals surface area contributed by atoms with Gasteiger partial charge < -0.3 is 14.7 Å². The molecule has 0 amide bonds. The standard InChI is InChI=1S/C21H25FN6O/c22-19-6-2-1-5-18(19)20-15-17(29-26-20)16-23-7-4-10-27-11-13-28(14-12-27)21-24-8-3-9-25-21/h1-3,5-6,8-9,15,23H,4,7,10-14,16H2. The minimum absolute atomic E-state index is 0.292. The second kappa shape index (κ2) is 9.58. The molecule has 0 radical (unpaired) electrons. The largest absolute Gasteiger partial charge is 0.359 e. The van der Waals surface area contributed by atoms with Crippen LogP contribution in [0.5, 0.6) is 0 Å². The Balaban J connectivity index is 1.14. The SMILES string of the molecule is Fc1ccccc1-c1cc(CNCCCN2CCN(c3ncccn3)CC2)on1. The number of rotatable bonds is 8. The van der Waals surface area contributed by atoms with Gasteiger partial charge in [0.25, 0.3) is 0 Å². The molecule has 29 heavy (non-hydrogen) atoms. The first-order chi connectivity index (χ1) is 14.3. The molecule has 3 heterocycles. The van der Waals surface area contributed by atoms with E-state index in [4.69, 9.17) is 4.52 Å². The summed E-state index contributed by atoms with van der Waals surface area (Å²) in [6.07, 6.45) is 4.62. The van der Waals surface area contributed by atoms with Gasteiger partial charge in [0.05, 0.1) is 6.54 Å². The van der Waals surface area contributed by atoms with Crippen molar-refractivity contribution in [1.82, 2.24) is 25.3 Å². The van der Waals surface area contributed by atoms with Gasteiger partial charge in [-0.15, -0.1) is 0 Å². The van der Waals surface area contributed by atoms with Crippen LogP contribution in [-0.4, -0.2) is 59.3 Å². The fourth-order valence-electron chi connectivity index (χ4n) is 3.46. The second-order valence-electron chi connectivity index (χ2n) is 7.07. The molecule has 152 valence electrons. The van der Waals surface area contributed by atoms with E-state index in [-0.39, 0.29) is 5.82 Å². The van der Waals surface area contributed by atoms with Crippen molar-refractivity contribution in [3.05, 3.63) is 60.4 Å². The number of nitrogens with one attached hydrogen (secondary N) is 1. The maximum atomic E-state index is 13.8. The van der Waals surface area contributed by atoms with Crippen LogP contribution in [0.15, 0.2) is 53.3 Å². The summed E-state index contributed by atoms with van der Waals surface area (Å²) in [5, 5.41) is 7.34. The first-order valence-corrected chi connectivity index (χ1v) is 9.95. The van der Waals surface area contributed by atoms with Crippen molar-refractivity contribution < 1.29 is 8.91 Å². The summed E-state index contributed by atoms with van der Waals surface area (Å²) >= 11 is 0. The molecule has 1 fully saturated rings. The van der Waals surface area contributed by atoms with Crippen molar-refractivity contribution in [3.63, 3.8) is 0 Å². The average molecular weight is 396 g/mol. The Morgan fingerprint density at radius 2 is 1.83 bits per heavy atom. The van der Waals surface area contributed by atoms with Crippen LogP contribution in [-0.2, 0) is 6.54 Å². The van der Waals surface area contributed by atoms with E-state index in [2.05, 4.69) is 30.2 Å². The summed E-state index contributed by atoms with van der Waals surface area (Å²) in [6.45, 7) is 6.47. The smallest absolute Gasteiger partial charge is 0.225 e. The first kappa shape index (κ1) is 19.5. The topological polar surface area (TPSA) is 70.3 Å². The molecule has 8 heteroatoms. The van der Waals surface area contributed by atoms with E-state index in [0.29, 0.717) is 23.6 Å². The van der Waals surface area contributed by atoms with Crippen molar-refractivity contribution in [3.8, 4) is 11.3 Å². The molecule has 7 nitrogen and oxygen atoms in total. The monoisotopic (exact) mass is 396 g/mol. The Kier molecular flexibility index (Phi) is 6.43.